The summed E-state index contributed by atoms with van der Waals surface area (Å²) in [7, 11) is 0. The van der Waals surface area contributed by atoms with Gasteiger partial charge in [0.05, 0.1) is 12.2 Å². The molecule has 1 aromatic carbocycles. The van der Waals surface area contributed by atoms with Gasteiger partial charge in [-0.3, -0.25) is 0 Å². The van der Waals surface area contributed by atoms with Gasteiger partial charge in [0.15, 0.2) is 0 Å². The molecular weight excluding hydrogens is 216 g/mol. The highest BCUT2D eigenvalue weighted by molar-refractivity contribution is 5.16. The van der Waals surface area contributed by atoms with Crippen molar-refractivity contribution < 1.29 is 10.2 Å². The summed E-state index contributed by atoms with van der Waals surface area (Å²) in [4.78, 5) is 0. The Hall–Kier alpha value is -0.940. The zero-order chi connectivity index (χ0) is 12.7. The number of nitrogens with two attached hydrogens (primary N) is 1. The van der Waals surface area contributed by atoms with E-state index in [9.17, 15) is 5.11 Å². The lowest BCUT2D eigenvalue weighted by Crippen LogP contribution is -2.44. The molecule has 0 aliphatic carbocycles. The Kier molecular flexibility index (Phi) is 6.15. The van der Waals surface area contributed by atoms with Crippen LogP contribution in [0, 0.1) is 0 Å². The van der Waals surface area contributed by atoms with Gasteiger partial charge in [-0.2, -0.15) is 0 Å². The summed E-state index contributed by atoms with van der Waals surface area (Å²) in [6.45, 7) is 2.57. The highest BCUT2D eigenvalue weighted by atomic mass is 16.3. The van der Waals surface area contributed by atoms with Gasteiger partial charge >= 0.3 is 0 Å². The number of benzene rings is 1. The Balaban J connectivity index is 2.29. The first-order chi connectivity index (χ1) is 8.09. The Morgan fingerprint density at radius 3 is 2.41 bits per heavy atom. The van der Waals surface area contributed by atoms with E-state index in [1.54, 1.807) is 6.92 Å². The molecule has 17 heavy (non-hydrogen) atoms. The maximum absolute atomic E-state index is 9.82. The molecule has 0 amide bonds. The zero-order valence-corrected chi connectivity index (χ0v) is 10.2. The summed E-state index contributed by atoms with van der Waals surface area (Å²) < 4.78 is 0. The van der Waals surface area contributed by atoms with Crippen molar-refractivity contribution in [2.45, 2.75) is 31.6 Å². The van der Waals surface area contributed by atoms with Crippen molar-refractivity contribution in [3.8, 4) is 0 Å². The molecule has 0 bridgehead atoms. The minimum Gasteiger partial charge on any atom is -0.392 e. The predicted molar refractivity (Wildman–Crippen MR) is 68.7 cm³/mol. The van der Waals surface area contributed by atoms with Gasteiger partial charge in [-0.05, 0) is 18.9 Å². The van der Waals surface area contributed by atoms with Crippen LogP contribution in [-0.4, -0.2) is 41.6 Å². The van der Waals surface area contributed by atoms with Crippen LogP contribution in [0.5, 0.6) is 0 Å². The van der Waals surface area contributed by atoms with Crippen molar-refractivity contribution in [2.75, 3.05) is 13.1 Å². The third-order valence-corrected chi connectivity index (χ3v) is 2.60. The fourth-order valence-electron chi connectivity index (χ4n) is 1.61. The molecular formula is C13H22N2O2. The number of rotatable bonds is 7. The van der Waals surface area contributed by atoms with E-state index in [0.29, 0.717) is 19.5 Å². The molecule has 0 aliphatic rings. The second-order valence-electron chi connectivity index (χ2n) is 4.43. The first-order valence-corrected chi connectivity index (χ1v) is 5.96. The number of aliphatic hydroxyl groups excluding tert-OH is 2. The first kappa shape index (κ1) is 14.1. The van der Waals surface area contributed by atoms with Crippen LogP contribution in [0.2, 0.25) is 0 Å². The molecule has 0 fully saturated rings. The van der Waals surface area contributed by atoms with Gasteiger partial charge in [-0.25, -0.2) is 0 Å². The average molecular weight is 238 g/mol. The lowest BCUT2D eigenvalue weighted by Gasteiger charge is -2.19. The summed E-state index contributed by atoms with van der Waals surface area (Å²) in [5.41, 5.74) is 7.03. The summed E-state index contributed by atoms with van der Waals surface area (Å²) in [5, 5.41) is 21.9. The quantitative estimate of drug-likeness (QED) is 0.534. The Morgan fingerprint density at radius 1 is 1.18 bits per heavy atom. The molecule has 0 spiro atoms. The topological polar surface area (TPSA) is 78.5 Å². The van der Waals surface area contributed by atoms with E-state index < -0.39 is 12.2 Å². The number of hydrogen-bond donors (Lipinski definition) is 4. The second-order valence-corrected chi connectivity index (χ2v) is 4.43. The van der Waals surface area contributed by atoms with Crippen molar-refractivity contribution in [1.29, 1.82) is 0 Å². The van der Waals surface area contributed by atoms with E-state index in [2.05, 4.69) is 5.32 Å². The lowest BCUT2D eigenvalue weighted by molar-refractivity contribution is 0.131. The zero-order valence-electron chi connectivity index (χ0n) is 10.2. The Morgan fingerprint density at radius 2 is 1.82 bits per heavy atom. The van der Waals surface area contributed by atoms with Gasteiger partial charge in [0.2, 0.25) is 0 Å². The van der Waals surface area contributed by atoms with Crippen LogP contribution in [0.4, 0.5) is 0 Å². The number of nitrogens with one attached hydrogen (secondary N) is 1. The molecule has 4 heteroatoms. The molecule has 0 saturated carbocycles. The van der Waals surface area contributed by atoms with E-state index >= 15 is 0 Å². The number of aliphatic hydroxyl groups is 2. The first-order valence-electron chi connectivity index (χ1n) is 5.96. The molecule has 0 radical (unpaired) electrons. The van der Waals surface area contributed by atoms with E-state index in [0.717, 1.165) is 5.56 Å². The molecule has 1 aromatic rings. The van der Waals surface area contributed by atoms with E-state index in [1.807, 2.05) is 30.3 Å². The van der Waals surface area contributed by atoms with Crippen LogP contribution in [0.15, 0.2) is 30.3 Å². The van der Waals surface area contributed by atoms with Crippen LogP contribution in [-0.2, 0) is 6.42 Å². The SMILES string of the molecule is C[C@H](O)CNC[C@@H](O)C(N)Cc1ccccc1. The summed E-state index contributed by atoms with van der Waals surface area (Å²) in [5.74, 6) is 0. The van der Waals surface area contributed by atoms with Gasteiger partial charge < -0.3 is 21.3 Å². The van der Waals surface area contributed by atoms with Crippen LogP contribution < -0.4 is 11.1 Å². The third-order valence-electron chi connectivity index (χ3n) is 2.60. The third kappa shape index (κ3) is 5.79. The predicted octanol–water partition coefficient (Wildman–Crippen LogP) is -0.112. The van der Waals surface area contributed by atoms with Crippen molar-refractivity contribution in [2.24, 2.45) is 5.73 Å². The van der Waals surface area contributed by atoms with Crippen molar-refractivity contribution in [1.82, 2.24) is 5.32 Å². The molecule has 1 rings (SSSR count). The van der Waals surface area contributed by atoms with Crippen LogP contribution >= 0.6 is 0 Å². The highest BCUT2D eigenvalue weighted by Gasteiger charge is 2.14. The molecule has 0 aliphatic heterocycles. The van der Waals surface area contributed by atoms with Gasteiger partial charge in [-0.15, -0.1) is 0 Å². The summed E-state index contributed by atoms with van der Waals surface area (Å²) >= 11 is 0. The highest BCUT2D eigenvalue weighted by Crippen LogP contribution is 2.04. The molecule has 0 saturated heterocycles. The molecule has 96 valence electrons. The molecule has 4 nitrogen and oxygen atoms in total. The van der Waals surface area contributed by atoms with Crippen molar-refractivity contribution in [3.63, 3.8) is 0 Å². The summed E-state index contributed by atoms with van der Waals surface area (Å²) in [6, 6.07) is 9.57. The average Bonchev–Trinajstić information content (AvgIpc) is 2.29. The minimum absolute atomic E-state index is 0.293. The Bertz CT molecular complexity index is 304. The molecule has 5 N–H and O–H groups in total. The fourth-order valence-corrected chi connectivity index (χ4v) is 1.61. The minimum atomic E-state index is -0.603. The fraction of sp³-hybridized carbons (Fsp3) is 0.538. The standard InChI is InChI=1S/C13H22N2O2/c1-10(16)8-15-9-13(17)12(14)7-11-5-3-2-4-6-11/h2-6,10,12-13,15-17H,7-9,14H2,1H3/t10-,12?,13+/m0/s1. The van der Waals surface area contributed by atoms with Crippen molar-refractivity contribution >= 4 is 0 Å². The van der Waals surface area contributed by atoms with Gasteiger partial charge in [0, 0.05) is 19.1 Å². The van der Waals surface area contributed by atoms with E-state index in [1.165, 1.54) is 0 Å². The van der Waals surface area contributed by atoms with E-state index in [4.69, 9.17) is 10.8 Å². The molecule has 0 aromatic heterocycles. The normalized spacial score (nSPS) is 16.5. The smallest absolute Gasteiger partial charge is 0.0818 e. The lowest BCUT2D eigenvalue weighted by atomic mass is 10.0. The molecule has 1 unspecified atom stereocenters. The summed E-state index contributed by atoms with van der Waals surface area (Å²) in [6.07, 6.45) is -0.361. The number of hydrogen-bond acceptors (Lipinski definition) is 4. The van der Waals surface area contributed by atoms with Crippen LogP contribution in [0.25, 0.3) is 0 Å². The molecule has 3 atom stereocenters. The monoisotopic (exact) mass is 238 g/mol. The molecule has 0 heterocycles. The second kappa shape index (κ2) is 7.40. The van der Waals surface area contributed by atoms with Gasteiger partial charge in [0.1, 0.15) is 0 Å². The van der Waals surface area contributed by atoms with Gasteiger partial charge in [-0.1, -0.05) is 30.3 Å². The van der Waals surface area contributed by atoms with Crippen LogP contribution in [0.3, 0.4) is 0 Å². The van der Waals surface area contributed by atoms with Crippen LogP contribution in [0.1, 0.15) is 12.5 Å². The van der Waals surface area contributed by atoms with E-state index in [-0.39, 0.29) is 6.04 Å². The largest absolute Gasteiger partial charge is 0.392 e. The Labute approximate surface area is 102 Å². The van der Waals surface area contributed by atoms with Gasteiger partial charge in [0.25, 0.3) is 0 Å². The maximum atomic E-state index is 9.82. The van der Waals surface area contributed by atoms with Crippen molar-refractivity contribution in [3.05, 3.63) is 35.9 Å². The maximum Gasteiger partial charge on any atom is 0.0818 e.